The standard InChI is InChI=1S/C21H25N5O3/c1-13-10-22-11-18(23-13)26-14(2)9-16(15(26)3)17(27)12-25-19(28)21(24-20(25)29)7-5-4-6-8-21/h9-11H,4-8,12H2,1-3H3,(H,24,29). The Kier molecular flexibility index (Phi) is 4.72. The van der Waals surface area contributed by atoms with Crippen LogP contribution in [0.1, 0.15) is 59.5 Å². The smallest absolute Gasteiger partial charge is 0.323 e. The maximum Gasteiger partial charge on any atom is 0.325 e. The molecular formula is C21H25N5O3. The average molecular weight is 395 g/mol. The van der Waals surface area contributed by atoms with Gasteiger partial charge >= 0.3 is 6.03 Å². The lowest BCUT2D eigenvalue weighted by atomic mass is 9.82. The second-order valence-corrected chi connectivity index (χ2v) is 8.03. The van der Waals surface area contributed by atoms with Crippen LogP contribution >= 0.6 is 0 Å². The number of amides is 3. The third-order valence-electron chi connectivity index (χ3n) is 5.96. The number of carbonyl (C=O) groups is 3. The Morgan fingerprint density at radius 1 is 1.14 bits per heavy atom. The summed E-state index contributed by atoms with van der Waals surface area (Å²) < 4.78 is 1.86. The van der Waals surface area contributed by atoms with Gasteiger partial charge in [0.25, 0.3) is 5.91 Å². The van der Waals surface area contributed by atoms with Gasteiger partial charge in [-0.2, -0.15) is 0 Å². The first-order valence-electron chi connectivity index (χ1n) is 9.98. The van der Waals surface area contributed by atoms with Crippen molar-refractivity contribution in [1.29, 1.82) is 0 Å². The molecule has 0 aromatic carbocycles. The van der Waals surface area contributed by atoms with Crippen LogP contribution in [-0.2, 0) is 4.79 Å². The van der Waals surface area contributed by atoms with Crippen LogP contribution in [0.25, 0.3) is 5.82 Å². The van der Waals surface area contributed by atoms with Crippen molar-refractivity contribution in [3.8, 4) is 5.82 Å². The summed E-state index contributed by atoms with van der Waals surface area (Å²) in [5.74, 6) is 0.102. The van der Waals surface area contributed by atoms with Gasteiger partial charge in [0.15, 0.2) is 11.6 Å². The van der Waals surface area contributed by atoms with Crippen LogP contribution in [0.3, 0.4) is 0 Å². The molecule has 4 rings (SSSR count). The second kappa shape index (κ2) is 7.09. The molecule has 0 unspecified atom stereocenters. The number of nitrogens with one attached hydrogen (secondary N) is 1. The van der Waals surface area contributed by atoms with Crippen molar-refractivity contribution >= 4 is 17.7 Å². The van der Waals surface area contributed by atoms with Gasteiger partial charge in [-0.15, -0.1) is 0 Å². The first kappa shape index (κ1) is 19.3. The predicted molar refractivity (Wildman–Crippen MR) is 106 cm³/mol. The molecule has 1 N–H and O–H groups in total. The van der Waals surface area contributed by atoms with Gasteiger partial charge in [-0.05, 0) is 39.7 Å². The SMILES string of the molecule is Cc1cncc(-n2c(C)cc(C(=O)CN3C(=O)NC4(CCCCC4)C3=O)c2C)n1. The zero-order valence-electron chi connectivity index (χ0n) is 17.0. The largest absolute Gasteiger partial charge is 0.325 e. The Bertz CT molecular complexity index is 1000. The van der Waals surface area contributed by atoms with E-state index < -0.39 is 11.6 Å². The molecule has 2 fully saturated rings. The molecule has 8 heteroatoms. The van der Waals surface area contributed by atoms with Crippen molar-refractivity contribution in [3.63, 3.8) is 0 Å². The molecule has 2 aromatic rings. The molecule has 1 spiro atoms. The molecule has 0 bridgehead atoms. The Morgan fingerprint density at radius 3 is 2.55 bits per heavy atom. The molecule has 29 heavy (non-hydrogen) atoms. The Hall–Kier alpha value is -3.03. The molecule has 2 aliphatic rings. The third-order valence-corrected chi connectivity index (χ3v) is 5.96. The van der Waals surface area contributed by atoms with Gasteiger partial charge in [-0.25, -0.2) is 9.78 Å². The molecule has 1 saturated heterocycles. The van der Waals surface area contributed by atoms with E-state index in [-0.39, 0.29) is 18.2 Å². The van der Waals surface area contributed by atoms with Crippen molar-refractivity contribution in [3.05, 3.63) is 41.1 Å². The molecule has 3 heterocycles. The van der Waals surface area contributed by atoms with Crippen LogP contribution in [0.4, 0.5) is 4.79 Å². The summed E-state index contributed by atoms with van der Waals surface area (Å²) in [7, 11) is 0. The molecule has 0 atom stereocenters. The first-order chi connectivity index (χ1) is 13.8. The lowest BCUT2D eigenvalue weighted by Gasteiger charge is -2.30. The number of aromatic nitrogens is 3. The summed E-state index contributed by atoms with van der Waals surface area (Å²) in [6.45, 7) is 5.32. The van der Waals surface area contributed by atoms with E-state index >= 15 is 0 Å². The van der Waals surface area contributed by atoms with E-state index in [9.17, 15) is 14.4 Å². The minimum Gasteiger partial charge on any atom is -0.323 e. The number of aryl methyl sites for hydroxylation is 2. The summed E-state index contributed by atoms with van der Waals surface area (Å²) in [4.78, 5) is 48.2. The van der Waals surface area contributed by atoms with E-state index in [0.717, 1.165) is 35.6 Å². The van der Waals surface area contributed by atoms with E-state index in [1.807, 2.05) is 25.3 Å². The summed E-state index contributed by atoms with van der Waals surface area (Å²) >= 11 is 0. The molecular weight excluding hydrogens is 370 g/mol. The quantitative estimate of drug-likeness (QED) is 0.634. The van der Waals surface area contributed by atoms with Crippen LogP contribution < -0.4 is 5.32 Å². The molecule has 3 amide bonds. The normalized spacial score (nSPS) is 18.4. The number of ketones is 1. The highest BCUT2D eigenvalue weighted by atomic mass is 16.2. The summed E-state index contributed by atoms with van der Waals surface area (Å²) in [5.41, 5.74) is 2.00. The number of nitrogens with zero attached hydrogens (tertiary/aromatic N) is 4. The highest BCUT2D eigenvalue weighted by molar-refractivity contribution is 6.11. The number of imide groups is 1. The third kappa shape index (κ3) is 3.22. The Morgan fingerprint density at radius 2 is 1.86 bits per heavy atom. The minimum atomic E-state index is -0.816. The van der Waals surface area contributed by atoms with Crippen LogP contribution in [0.2, 0.25) is 0 Å². The van der Waals surface area contributed by atoms with Crippen LogP contribution in [0.5, 0.6) is 0 Å². The van der Waals surface area contributed by atoms with Crippen molar-refractivity contribution in [2.24, 2.45) is 0 Å². The number of hydrogen-bond donors (Lipinski definition) is 1. The Balaban J connectivity index is 1.59. The van der Waals surface area contributed by atoms with Crippen molar-refractivity contribution < 1.29 is 14.4 Å². The monoisotopic (exact) mass is 395 g/mol. The van der Waals surface area contributed by atoms with Gasteiger partial charge in [0, 0.05) is 23.1 Å². The van der Waals surface area contributed by atoms with E-state index in [1.54, 1.807) is 18.5 Å². The molecule has 1 saturated carbocycles. The predicted octanol–water partition coefficient (Wildman–Crippen LogP) is 2.63. The van der Waals surface area contributed by atoms with Gasteiger partial charge in [-0.1, -0.05) is 19.3 Å². The fraction of sp³-hybridized carbons (Fsp3) is 0.476. The van der Waals surface area contributed by atoms with Crippen LogP contribution in [-0.4, -0.2) is 49.2 Å². The van der Waals surface area contributed by atoms with E-state index in [1.165, 1.54) is 0 Å². The van der Waals surface area contributed by atoms with Crippen LogP contribution in [0.15, 0.2) is 18.5 Å². The fourth-order valence-corrected chi connectivity index (χ4v) is 4.50. The van der Waals surface area contributed by atoms with Gasteiger partial charge in [0.1, 0.15) is 5.54 Å². The number of rotatable bonds is 4. The van der Waals surface area contributed by atoms with Crippen LogP contribution in [0, 0.1) is 20.8 Å². The Labute approximate surface area is 169 Å². The van der Waals surface area contributed by atoms with Crippen molar-refractivity contribution in [2.75, 3.05) is 6.54 Å². The lowest BCUT2D eigenvalue weighted by molar-refractivity contribution is -0.132. The van der Waals surface area contributed by atoms with Gasteiger partial charge in [-0.3, -0.25) is 19.5 Å². The minimum absolute atomic E-state index is 0.254. The molecule has 152 valence electrons. The van der Waals surface area contributed by atoms with Gasteiger partial charge in [0.2, 0.25) is 0 Å². The van der Waals surface area contributed by atoms with E-state index in [4.69, 9.17) is 0 Å². The summed E-state index contributed by atoms with van der Waals surface area (Å²) in [6.07, 6.45) is 7.48. The van der Waals surface area contributed by atoms with Gasteiger partial charge in [0.05, 0.1) is 18.4 Å². The molecule has 0 radical (unpaired) electrons. The lowest BCUT2D eigenvalue weighted by Crippen LogP contribution is -2.48. The maximum absolute atomic E-state index is 13.0. The topological polar surface area (TPSA) is 97.2 Å². The number of hydrogen-bond acceptors (Lipinski definition) is 5. The zero-order chi connectivity index (χ0) is 20.8. The summed E-state index contributed by atoms with van der Waals surface area (Å²) in [5, 5.41) is 2.85. The fourth-order valence-electron chi connectivity index (χ4n) is 4.50. The zero-order valence-corrected chi connectivity index (χ0v) is 17.0. The average Bonchev–Trinajstić information content (AvgIpc) is 3.10. The number of urea groups is 1. The molecule has 1 aliphatic carbocycles. The van der Waals surface area contributed by atoms with Gasteiger partial charge < -0.3 is 9.88 Å². The highest BCUT2D eigenvalue weighted by Crippen LogP contribution is 2.33. The number of Topliss-reactive ketones (excluding diaryl/α,β-unsaturated/α-hetero) is 1. The van der Waals surface area contributed by atoms with Crippen molar-refractivity contribution in [1.82, 2.24) is 24.8 Å². The van der Waals surface area contributed by atoms with E-state index in [0.29, 0.717) is 29.9 Å². The maximum atomic E-state index is 13.0. The molecule has 8 nitrogen and oxygen atoms in total. The second-order valence-electron chi connectivity index (χ2n) is 8.03. The first-order valence-corrected chi connectivity index (χ1v) is 9.98. The molecule has 1 aliphatic heterocycles. The van der Waals surface area contributed by atoms with Crippen molar-refractivity contribution in [2.45, 2.75) is 58.4 Å². The highest BCUT2D eigenvalue weighted by Gasteiger charge is 2.51. The van der Waals surface area contributed by atoms with E-state index in [2.05, 4.69) is 15.3 Å². The number of carbonyl (C=O) groups excluding carboxylic acids is 3. The molecule has 2 aromatic heterocycles. The summed E-state index contributed by atoms with van der Waals surface area (Å²) in [6, 6.07) is 1.31.